The van der Waals surface area contributed by atoms with E-state index in [4.69, 9.17) is 4.74 Å². The number of hydrogen-bond donors (Lipinski definition) is 2. The van der Waals surface area contributed by atoms with E-state index in [1.807, 2.05) is 32.0 Å². The molecule has 0 aliphatic carbocycles. The SMILES string of the molecule is Cc1ccc(C)c(C(=O)COC(=O)[C@H](C)NC(=O)Nc2ccccc2)c1. The zero-order chi connectivity index (χ0) is 19.1. The first kappa shape index (κ1) is 19.2. The molecule has 0 aromatic heterocycles. The predicted octanol–water partition coefficient (Wildman–Crippen LogP) is 3.24. The standard InChI is InChI=1S/C20H22N2O4/c1-13-9-10-14(2)17(11-13)18(23)12-26-19(24)15(3)21-20(25)22-16-7-5-4-6-8-16/h4-11,15H,12H2,1-3H3,(H2,21,22,25)/t15-/m0/s1. The number of hydrogen-bond acceptors (Lipinski definition) is 4. The molecule has 2 amide bonds. The van der Waals surface area contributed by atoms with Crippen LogP contribution in [0.3, 0.4) is 0 Å². The van der Waals surface area contributed by atoms with Gasteiger partial charge in [-0.05, 0) is 44.5 Å². The molecular formula is C20H22N2O4. The molecule has 0 heterocycles. The van der Waals surface area contributed by atoms with E-state index in [0.717, 1.165) is 11.1 Å². The molecule has 2 aromatic rings. The van der Waals surface area contributed by atoms with Gasteiger partial charge < -0.3 is 15.4 Å². The quantitative estimate of drug-likeness (QED) is 0.616. The summed E-state index contributed by atoms with van der Waals surface area (Å²) in [6.07, 6.45) is 0. The summed E-state index contributed by atoms with van der Waals surface area (Å²) in [7, 11) is 0. The minimum Gasteiger partial charge on any atom is -0.456 e. The number of anilines is 1. The third-order valence-corrected chi connectivity index (χ3v) is 3.77. The van der Waals surface area contributed by atoms with Crippen LogP contribution >= 0.6 is 0 Å². The van der Waals surface area contributed by atoms with Gasteiger partial charge in [0.1, 0.15) is 6.04 Å². The molecule has 0 unspecified atom stereocenters. The summed E-state index contributed by atoms with van der Waals surface area (Å²) in [5.74, 6) is -0.952. The second kappa shape index (κ2) is 8.80. The van der Waals surface area contributed by atoms with Crippen molar-refractivity contribution in [3.8, 4) is 0 Å². The van der Waals surface area contributed by atoms with Crippen LogP contribution in [0.25, 0.3) is 0 Å². The van der Waals surface area contributed by atoms with Gasteiger partial charge in [0.25, 0.3) is 0 Å². The van der Waals surface area contributed by atoms with Gasteiger partial charge in [-0.25, -0.2) is 9.59 Å². The number of ketones is 1. The predicted molar refractivity (Wildman–Crippen MR) is 99.3 cm³/mol. The number of Topliss-reactive ketones (excluding diaryl/α,β-unsaturated/α-hetero) is 1. The molecule has 0 radical (unpaired) electrons. The van der Waals surface area contributed by atoms with Crippen LogP contribution in [0.15, 0.2) is 48.5 Å². The van der Waals surface area contributed by atoms with Crippen molar-refractivity contribution in [2.24, 2.45) is 0 Å². The number of nitrogens with one attached hydrogen (secondary N) is 2. The average molecular weight is 354 g/mol. The Balaban J connectivity index is 1.84. The summed E-state index contributed by atoms with van der Waals surface area (Å²) in [5, 5.41) is 5.08. The van der Waals surface area contributed by atoms with Gasteiger partial charge in [0, 0.05) is 11.3 Å². The number of aryl methyl sites for hydroxylation is 2. The Labute approximate surface area is 152 Å². The van der Waals surface area contributed by atoms with Crippen LogP contribution in [0.4, 0.5) is 10.5 Å². The Morgan fingerprint density at radius 3 is 2.42 bits per heavy atom. The van der Waals surface area contributed by atoms with E-state index in [-0.39, 0.29) is 12.4 Å². The molecule has 0 bridgehead atoms. The number of rotatable bonds is 6. The number of amides is 2. The van der Waals surface area contributed by atoms with Crippen LogP contribution in [-0.2, 0) is 9.53 Å². The molecule has 0 saturated heterocycles. The lowest BCUT2D eigenvalue weighted by Crippen LogP contribution is -2.42. The van der Waals surface area contributed by atoms with Crippen molar-refractivity contribution in [2.75, 3.05) is 11.9 Å². The van der Waals surface area contributed by atoms with Crippen LogP contribution in [0, 0.1) is 13.8 Å². The molecule has 136 valence electrons. The van der Waals surface area contributed by atoms with Crippen LogP contribution in [0.1, 0.15) is 28.4 Å². The molecule has 2 rings (SSSR count). The van der Waals surface area contributed by atoms with Crippen molar-refractivity contribution in [3.63, 3.8) is 0 Å². The summed E-state index contributed by atoms with van der Waals surface area (Å²) < 4.78 is 5.04. The summed E-state index contributed by atoms with van der Waals surface area (Å²) in [4.78, 5) is 36.1. The largest absolute Gasteiger partial charge is 0.456 e. The van der Waals surface area contributed by atoms with Gasteiger partial charge in [-0.15, -0.1) is 0 Å². The number of carbonyl (C=O) groups is 3. The highest BCUT2D eigenvalue weighted by atomic mass is 16.5. The number of para-hydroxylation sites is 1. The molecule has 6 heteroatoms. The van der Waals surface area contributed by atoms with Crippen molar-refractivity contribution in [1.29, 1.82) is 0 Å². The highest BCUT2D eigenvalue weighted by Crippen LogP contribution is 2.11. The minimum absolute atomic E-state index is 0.277. The summed E-state index contributed by atoms with van der Waals surface area (Å²) in [6, 6.07) is 13.0. The van der Waals surface area contributed by atoms with Crippen molar-refractivity contribution in [3.05, 3.63) is 65.2 Å². The number of esters is 1. The first-order valence-electron chi connectivity index (χ1n) is 8.26. The first-order valence-corrected chi connectivity index (χ1v) is 8.26. The van der Waals surface area contributed by atoms with Gasteiger partial charge in [-0.1, -0.05) is 35.9 Å². The molecular weight excluding hydrogens is 332 g/mol. The van der Waals surface area contributed by atoms with Gasteiger partial charge in [-0.3, -0.25) is 4.79 Å². The summed E-state index contributed by atoms with van der Waals surface area (Å²) in [5.41, 5.74) is 2.92. The number of ether oxygens (including phenoxy) is 1. The average Bonchev–Trinajstić information content (AvgIpc) is 2.62. The van der Waals surface area contributed by atoms with Gasteiger partial charge in [0.2, 0.25) is 5.78 Å². The lowest BCUT2D eigenvalue weighted by molar-refractivity contribution is -0.144. The Kier molecular flexibility index (Phi) is 6.49. The monoisotopic (exact) mass is 354 g/mol. The van der Waals surface area contributed by atoms with Gasteiger partial charge >= 0.3 is 12.0 Å². The molecule has 6 nitrogen and oxygen atoms in total. The van der Waals surface area contributed by atoms with Gasteiger partial charge in [0.05, 0.1) is 0 Å². The molecule has 0 fully saturated rings. The van der Waals surface area contributed by atoms with E-state index in [2.05, 4.69) is 10.6 Å². The topological polar surface area (TPSA) is 84.5 Å². The third kappa shape index (κ3) is 5.44. The lowest BCUT2D eigenvalue weighted by Gasteiger charge is -2.14. The zero-order valence-electron chi connectivity index (χ0n) is 15.0. The highest BCUT2D eigenvalue weighted by Gasteiger charge is 2.19. The Morgan fingerprint density at radius 1 is 1.04 bits per heavy atom. The van der Waals surface area contributed by atoms with Crippen molar-refractivity contribution < 1.29 is 19.1 Å². The van der Waals surface area contributed by atoms with Crippen molar-refractivity contribution in [2.45, 2.75) is 26.8 Å². The van der Waals surface area contributed by atoms with Crippen LogP contribution in [0.2, 0.25) is 0 Å². The Morgan fingerprint density at radius 2 is 1.73 bits per heavy atom. The second-order valence-electron chi connectivity index (χ2n) is 6.04. The second-order valence-corrected chi connectivity index (χ2v) is 6.04. The Bertz CT molecular complexity index is 803. The van der Waals surface area contributed by atoms with Crippen LogP contribution < -0.4 is 10.6 Å². The lowest BCUT2D eigenvalue weighted by atomic mass is 10.0. The molecule has 1 atom stereocenters. The van der Waals surface area contributed by atoms with Gasteiger partial charge in [0.15, 0.2) is 6.61 Å². The zero-order valence-corrected chi connectivity index (χ0v) is 15.0. The van der Waals surface area contributed by atoms with E-state index in [1.165, 1.54) is 6.92 Å². The first-order chi connectivity index (χ1) is 12.4. The molecule has 0 saturated carbocycles. The minimum atomic E-state index is -0.884. The number of carbonyl (C=O) groups excluding carboxylic acids is 3. The fourth-order valence-corrected chi connectivity index (χ4v) is 2.32. The maximum Gasteiger partial charge on any atom is 0.328 e. The third-order valence-electron chi connectivity index (χ3n) is 3.77. The fraction of sp³-hybridized carbons (Fsp3) is 0.250. The van der Waals surface area contributed by atoms with E-state index in [1.54, 1.807) is 30.3 Å². The maximum absolute atomic E-state index is 12.2. The van der Waals surface area contributed by atoms with E-state index in [9.17, 15) is 14.4 Å². The Hall–Kier alpha value is -3.15. The van der Waals surface area contributed by atoms with Crippen molar-refractivity contribution >= 4 is 23.5 Å². The van der Waals surface area contributed by atoms with E-state index >= 15 is 0 Å². The fourth-order valence-electron chi connectivity index (χ4n) is 2.32. The van der Waals surface area contributed by atoms with Crippen molar-refractivity contribution in [1.82, 2.24) is 5.32 Å². The summed E-state index contributed by atoms with van der Waals surface area (Å²) >= 11 is 0. The van der Waals surface area contributed by atoms with Gasteiger partial charge in [-0.2, -0.15) is 0 Å². The molecule has 2 aromatic carbocycles. The smallest absolute Gasteiger partial charge is 0.328 e. The molecule has 0 aliphatic rings. The normalized spacial score (nSPS) is 11.3. The number of benzene rings is 2. The molecule has 26 heavy (non-hydrogen) atoms. The van der Waals surface area contributed by atoms with Crippen LogP contribution in [0.5, 0.6) is 0 Å². The molecule has 0 aliphatic heterocycles. The summed E-state index contributed by atoms with van der Waals surface area (Å²) in [6.45, 7) is 4.84. The van der Waals surface area contributed by atoms with E-state index in [0.29, 0.717) is 11.3 Å². The number of urea groups is 1. The van der Waals surface area contributed by atoms with Crippen LogP contribution in [-0.4, -0.2) is 30.4 Å². The highest BCUT2D eigenvalue weighted by molar-refractivity contribution is 5.99. The molecule has 0 spiro atoms. The maximum atomic E-state index is 12.2. The van der Waals surface area contributed by atoms with E-state index < -0.39 is 18.0 Å². The molecule has 2 N–H and O–H groups in total.